The van der Waals surface area contributed by atoms with E-state index < -0.39 is 0 Å². The Morgan fingerprint density at radius 2 is 2.12 bits per heavy atom. The minimum Gasteiger partial charge on any atom is -0.355 e. The molecule has 1 spiro atoms. The molecular formula is C22H34BrNO2. The zero-order valence-electron chi connectivity index (χ0n) is 16.4. The van der Waals surface area contributed by atoms with Crippen LogP contribution in [0.25, 0.3) is 0 Å². The predicted octanol–water partition coefficient (Wildman–Crippen LogP) is 5.43. The molecule has 1 fully saturated rings. The molecule has 0 N–H and O–H groups in total. The summed E-state index contributed by atoms with van der Waals surface area (Å²) in [6, 6.07) is 8.98. The van der Waals surface area contributed by atoms with Crippen LogP contribution in [0.5, 0.6) is 0 Å². The lowest BCUT2D eigenvalue weighted by Crippen LogP contribution is -2.53. The smallest absolute Gasteiger partial charge is 0.165 e. The summed E-state index contributed by atoms with van der Waals surface area (Å²) in [5, 5.41) is 1.07. The quantitative estimate of drug-likeness (QED) is 0.410. The molecule has 3 rings (SSSR count). The second-order valence-electron chi connectivity index (χ2n) is 7.83. The second-order valence-corrected chi connectivity index (χ2v) is 8.62. The molecule has 3 nitrogen and oxygen atoms in total. The fourth-order valence-corrected chi connectivity index (χ4v) is 5.11. The van der Waals surface area contributed by atoms with E-state index in [2.05, 4.69) is 52.0 Å². The molecule has 2 heterocycles. The van der Waals surface area contributed by atoms with Crippen LogP contribution in [-0.4, -0.2) is 43.3 Å². The number of hydrogen-bond acceptors (Lipinski definition) is 3. The maximum Gasteiger partial charge on any atom is 0.165 e. The molecule has 26 heavy (non-hydrogen) atoms. The van der Waals surface area contributed by atoms with Crippen molar-refractivity contribution in [3.05, 3.63) is 35.4 Å². The molecule has 0 aromatic heterocycles. The van der Waals surface area contributed by atoms with Crippen LogP contribution in [0.2, 0.25) is 0 Å². The molecule has 0 saturated carbocycles. The average molecular weight is 424 g/mol. The van der Waals surface area contributed by atoms with Crippen molar-refractivity contribution < 1.29 is 9.47 Å². The highest BCUT2D eigenvalue weighted by Crippen LogP contribution is 2.47. The largest absolute Gasteiger partial charge is 0.355 e. The Balaban J connectivity index is 1.88. The fourth-order valence-electron chi connectivity index (χ4n) is 4.71. The molecule has 1 aromatic carbocycles. The van der Waals surface area contributed by atoms with Crippen molar-refractivity contribution in [1.29, 1.82) is 0 Å². The van der Waals surface area contributed by atoms with Gasteiger partial charge in [0.1, 0.15) is 5.60 Å². The number of nitrogens with zero attached hydrogens (tertiary/aromatic N) is 1. The van der Waals surface area contributed by atoms with Gasteiger partial charge in [-0.3, -0.25) is 0 Å². The molecule has 3 atom stereocenters. The SMILES string of the molecule is CCCCN1CCCC2(C1)O[C@@H](OC)[C@@H](CCCCBr)c1ccccc12. The third kappa shape index (κ3) is 4.35. The van der Waals surface area contributed by atoms with Gasteiger partial charge in [-0.15, -0.1) is 0 Å². The lowest BCUT2D eigenvalue weighted by Gasteiger charge is -2.50. The van der Waals surface area contributed by atoms with Crippen molar-refractivity contribution in [1.82, 2.24) is 4.90 Å². The number of unbranched alkanes of at least 4 members (excludes halogenated alkanes) is 2. The van der Waals surface area contributed by atoms with Gasteiger partial charge in [-0.1, -0.05) is 60.0 Å². The first kappa shape index (κ1) is 20.3. The molecule has 1 aromatic rings. The van der Waals surface area contributed by atoms with E-state index in [1.165, 1.54) is 56.3 Å². The Morgan fingerprint density at radius 1 is 1.27 bits per heavy atom. The van der Waals surface area contributed by atoms with Crippen LogP contribution in [0.1, 0.15) is 68.9 Å². The molecule has 1 saturated heterocycles. The number of ether oxygens (including phenoxy) is 2. The van der Waals surface area contributed by atoms with Crippen LogP contribution in [0.15, 0.2) is 24.3 Å². The van der Waals surface area contributed by atoms with Gasteiger partial charge in [0, 0.05) is 24.9 Å². The summed E-state index contributed by atoms with van der Waals surface area (Å²) in [5.74, 6) is 0.340. The van der Waals surface area contributed by atoms with Gasteiger partial charge in [0.2, 0.25) is 0 Å². The van der Waals surface area contributed by atoms with Crippen molar-refractivity contribution in [2.45, 2.75) is 69.7 Å². The first-order chi connectivity index (χ1) is 12.7. The first-order valence-electron chi connectivity index (χ1n) is 10.3. The van der Waals surface area contributed by atoms with Gasteiger partial charge in [-0.25, -0.2) is 0 Å². The van der Waals surface area contributed by atoms with Gasteiger partial charge in [-0.2, -0.15) is 0 Å². The molecule has 0 aliphatic carbocycles. The van der Waals surface area contributed by atoms with Crippen molar-refractivity contribution in [2.24, 2.45) is 0 Å². The zero-order valence-corrected chi connectivity index (χ0v) is 18.0. The van der Waals surface area contributed by atoms with Crippen LogP contribution in [0.3, 0.4) is 0 Å². The van der Waals surface area contributed by atoms with E-state index in [0.29, 0.717) is 5.92 Å². The van der Waals surface area contributed by atoms with Crippen molar-refractivity contribution in [3.8, 4) is 0 Å². The lowest BCUT2D eigenvalue weighted by molar-refractivity contribution is -0.240. The number of hydrogen-bond donors (Lipinski definition) is 0. The minimum atomic E-state index is -0.199. The molecule has 1 unspecified atom stereocenters. The van der Waals surface area contributed by atoms with Crippen molar-refractivity contribution >= 4 is 15.9 Å². The lowest BCUT2D eigenvalue weighted by atomic mass is 9.75. The zero-order chi connectivity index (χ0) is 18.4. The number of rotatable bonds is 8. The topological polar surface area (TPSA) is 21.7 Å². The number of fused-ring (bicyclic) bond motifs is 2. The van der Waals surface area contributed by atoms with Gasteiger partial charge < -0.3 is 14.4 Å². The number of likely N-dealkylation sites (tertiary alicyclic amines) is 1. The molecule has 0 radical (unpaired) electrons. The number of halogens is 1. The summed E-state index contributed by atoms with van der Waals surface area (Å²) in [6.07, 6.45) is 8.19. The molecule has 0 amide bonds. The third-order valence-electron chi connectivity index (χ3n) is 6.01. The van der Waals surface area contributed by atoms with Crippen LogP contribution < -0.4 is 0 Å². The van der Waals surface area contributed by atoms with E-state index in [-0.39, 0.29) is 11.9 Å². The highest BCUT2D eigenvalue weighted by molar-refractivity contribution is 9.09. The summed E-state index contributed by atoms with van der Waals surface area (Å²) in [6.45, 7) is 5.64. The molecule has 4 heteroatoms. The van der Waals surface area contributed by atoms with Gasteiger partial charge in [0.25, 0.3) is 0 Å². The highest BCUT2D eigenvalue weighted by Gasteiger charge is 2.47. The highest BCUT2D eigenvalue weighted by atomic mass is 79.9. The summed E-state index contributed by atoms with van der Waals surface area (Å²) in [5.41, 5.74) is 2.67. The first-order valence-corrected chi connectivity index (χ1v) is 11.4. The van der Waals surface area contributed by atoms with Gasteiger partial charge in [0.05, 0.1) is 0 Å². The standard InChI is InChI=1S/C22H34BrNO2/c1-3-4-15-24-16-9-13-22(17-24)20-12-6-5-10-18(20)19(11-7-8-14-23)21(25-2)26-22/h5-6,10,12,19,21H,3-4,7-9,11,13-17H2,1-2H3/t19-,21+,22?/m0/s1. The van der Waals surface area contributed by atoms with Crippen LogP contribution >= 0.6 is 15.9 Å². The molecular weight excluding hydrogens is 390 g/mol. The van der Waals surface area contributed by atoms with E-state index in [0.717, 1.165) is 24.7 Å². The maximum absolute atomic E-state index is 6.77. The summed E-state index contributed by atoms with van der Waals surface area (Å²) in [4.78, 5) is 2.60. The van der Waals surface area contributed by atoms with Gasteiger partial charge in [0.15, 0.2) is 6.29 Å². The number of alkyl halides is 1. The normalized spacial score (nSPS) is 29.0. The minimum absolute atomic E-state index is 0.133. The number of methoxy groups -OCH3 is 1. The molecule has 2 aliphatic heterocycles. The van der Waals surface area contributed by atoms with Crippen molar-refractivity contribution in [2.75, 3.05) is 32.1 Å². The number of piperidine rings is 1. The van der Waals surface area contributed by atoms with Crippen molar-refractivity contribution in [3.63, 3.8) is 0 Å². The Kier molecular flexibility index (Phi) is 7.56. The average Bonchev–Trinajstić information content (AvgIpc) is 2.68. The Labute approximate surface area is 167 Å². The maximum atomic E-state index is 6.77. The van der Waals surface area contributed by atoms with E-state index >= 15 is 0 Å². The Bertz CT molecular complexity index is 567. The van der Waals surface area contributed by atoms with E-state index in [4.69, 9.17) is 9.47 Å². The summed E-state index contributed by atoms with van der Waals surface area (Å²) >= 11 is 3.55. The van der Waals surface area contributed by atoms with Crippen LogP contribution in [0.4, 0.5) is 0 Å². The van der Waals surface area contributed by atoms with E-state index in [9.17, 15) is 0 Å². The predicted molar refractivity (Wildman–Crippen MR) is 111 cm³/mol. The summed E-state index contributed by atoms with van der Waals surface area (Å²) in [7, 11) is 1.81. The second kappa shape index (κ2) is 9.68. The monoisotopic (exact) mass is 423 g/mol. The molecule has 0 bridgehead atoms. The Hall–Kier alpha value is -0.420. The molecule has 2 aliphatic rings. The van der Waals surface area contributed by atoms with Gasteiger partial charge >= 0.3 is 0 Å². The van der Waals surface area contributed by atoms with E-state index in [1.54, 1.807) is 0 Å². The summed E-state index contributed by atoms with van der Waals surface area (Å²) < 4.78 is 12.7. The van der Waals surface area contributed by atoms with Gasteiger partial charge in [-0.05, 0) is 56.3 Å². The molecule has 146 valence electrons. The van der Waals surface area contributed by atoms with Crippen LogP contribution in [0, 0.1) is 0 Å². The third-order valence-corrected chi connectivity index (χ3v) is 6.58. The fraction of sp³-hybridized carbons (Fsp3) is 0.727. The van der Waals surface area contributed by atoms with E-state index in [1.807, 2.05) is 7.11 Å². The Morgan fingerprint density at radius 3 is 2.88 bits per heavy atom. The van der Waals surface area contributed by atoms with Crippen LogP contribution in [-0.2, 0) is 15.1 Å². The number of benzene rings is 1.